The van der Waals surface area contributed by atoms with Crippen LogP contribution in [0.25, 0.3) is 0 Å². The number of aryl methyl sites for hydroxylation is 1. The topological polar surface area (TPSA) is 58.6 Å². The number of hydrogen-bond acceptors (Lipinski definition) is 6. The first-order chi connectivity index (χ1) is 11.1. The van der Waals surface area contributed by atoms with Crippen molar-refractivity contribution in [3.8, 4) is 5.88 Å². The van der Waals surface area contributed by atoms with Crippen LogP contribution in [0.3, 0.4) is 0 Å². The largest absolute Gasteiger partial charge is 0.481 e. The number of thiophene rings is 1. The van der Waals surface area contributed by atoms with Crippen molar-refractivity contribution in [2.45, 2.75) is 6.92 Å². The zero-order valence-electron chi connectivity index (χ0n) is 13.0. The summed E-state index contributed by atoms with van der Waals surface area (Å²) in [6.07, 6.45) is 0. The highest BCUT2D eigenvalue weighted by atomic mass is 79.9. The number of piperazine rings is 1. The Bertz CT molecular complexity index is 713. The molecule has 0 radical (unpaired) electrons. The number of rotatable bonds is 3. The van der Waals surface area contributed by atoms with Crippen LogP contribution in [0.5, 0.6) is 5.88 Å². The molecule has 1 fully saturated rings. The summed E-state index contributed by atoms with van der Waals surface area (Å²) < 4.78 is 6.15. The number of hydrogen-bond donors (Lipinski definition) is 0. The Morgan fingerprint density at radius 1 is 1.26 bits per heavy atom. The number of methoxy groups -OCH3 is 1. The Kier molecular flexibility index (Phi) is 4.82. The van der Waals surface area contributed by atoms with Crippen molar-refractivity contribution in [3.05, 3.63) is 32.7 Å². The normalized spacial score (nSPS) is 14.9. The Morgan fingerprint density at radius 3 is 2.61 bits per heavy atom. The highest BCUT2D eigenvalue weighted by Gasteiger charge is 2.24. The van der Waals surface area contributed by atoms with E-state index in [4.69, 9.17) is 4.74 Å². The molecule has 0 saturated carbocycles. The summed E-state index contributed by atoms with van der Waals surface area (Å²) >= 11 is 4.86. The zero-order valence-corrected chi connectivity index (χ0v) is 15.4. The van der Waals surface area contributed by atoms with Crippen molar-refractivity contribution in [3.63, 3.8) is 0 Å². The number of carbonyl (C=O) groups excluding carboxylic acids is 1. The highest BCUT2D eigenvalue weighted by Crippen LogP contribution is 2.23. The van der Waals surface area contributed by atoms with E-state index in [9.17, 15) is 4.79 Å². The standard InChI is InChI=1S/C15H17BrN4O2S/c1-10-17-13(8-14(18-10)22-2)19-3-5-20(6-4-19)15(21)12-7-11(16)9-23-12/h7-9H,3-6H2,1-2H3. The van der Waals surface area contributed by atoms with Crippen molar-refractivity contribution in [2.75, 3.05) is 38.2 Å². The van der Waals surface area contributed by atoms with E-state index in [0.717, 1.165) is 28.3 Å². The van der Waals surface area contributed by atoms with Gasteiger partial charge in [0.05, 0.1) is 12.0 Å². The van der Waals surface area contributed by atoms with Crippen molar-refractivity contribution in [2.24, 2.45) is 0 Å². The molecule has 0 unspecified atom stereocenters. The second kappa shape index (κ2) is 6.84. The van der Waals surface area contributed by atoms with Crippen molar-refractivity contribution < 1.29 is 9.53 Å². The van der Waals surface area contributed by atoms with Gasteiger partial charge in [-0.05, 0) is 28.9 Å². The first-order valence-electron chi connectivity index (χ1n) is 7.25. The van der Waals surface area contributed by atoms with E-state index in [2.05, 4.69) is 30.8 Å². The first kappa shape index (κ1) is 16.2. The molecule has 0 bridgehead atoms. The van der Waals surface area contributed by atoms with Crippen molar-refractivity contribution >= 4 is 39.0 Å². The number of carbonyl (C=O) groups is 1. The van der Waals surface area contributed by atoms with E-state index in [0.29, 0.717) is 24.8 Å². The van der Waals surface area contributed by atoms with Crippen LogP contribution in [0.4, 0.5) is 5.82 Å². The number of aromatic nitrogens is 2. The summed E-state index contributed by atoms with van der Waals surface area (Å²) in [5, 5.41) is 1.93. The van der Waals surface area contributed by atoms with Crippen LogP contribution in [0.15, 0.2) is 22.0 Å². The lowest BCUT2D eigenvalue weighted by Crippen LogP contribution is -2.49. The Labute approximate surface area is 147 Å². The van der Waals surface area contributed by atoms with Gasteiger partial charge in [-0.15, -0.1) is 11.3 Å². The molecule has 0 spiro atoms. The number of halogens is 1. The molecule has 1 aliphatic heterocycles. The molecule has 2 aromatic rings. The Balaban J connectivity index is 1.66. The smallest absolute Gasteiger partial charge is 0.264 e. The maximum absolute atomic E-state index is 12.5. The minimum Gasteiger partial charge on any atom is -0.481 e. The van der Waals surface area contributed by atoms with E-state index >= 15 is 0 Å². The van der Waals surface area contributed by atoms with Gasteiger partial charge >= 0.3 is 0 Å². The highest BCUT2D eigenvalue weighted by molar-refractivity contribution is 9.10. The molecule has 0 aromatic carbocycles. The minimum atomic E-state index is 0.0943. The first-order valence-corrected chi connectivity index (χ1v) is 8.92. The summed E-state index contributed by atoms with van der Waals surface area (Å²) in [5.41, 5.74) is 0. The van der Waals surface area contributed by atoms with E-state index in [1.807, 2.05) is 29.3 Å². The monoisotopic (exact) mass is 396 g/mol. The van der Waals surface area contributed by atoms with Gasteiger partial charge in [0.2, 0.25) is 5.88 Å². The fraction of sp³-hybridized carbons (Fsp3) is 0.400. The third kappa shape index (κ3) is 3.64. The van der Waals surface area contributed by atoms with Crippen LogP contribution < -0.4 is 9.64 Å². The third-order valence-electron chi connectivity index (χ3n) is 3.68. The summed E-state index contributed by atoms with van der Waals surface area (Å²) in [6, 6.07) is 3.71. The lowest BCUT2D eigenvalue weighted by molar-refractivity contribution is 0.0751. The third-order valence-corrected chi connectivity index (χ3v) is 5.36. The summed E-state index contributed by atoms with van der Waals surface area (Å²) in [5.74, 6) is 2.19. The van der Waals surface area contributed by atoms with Gasteiger partial charge in [-0.3, -0.25) is 4.79 Å². The van der Waals surface area contributed by atoms with Gasteiger partial charge in [0.1, 0.15) is 11.6 Å². The SMILES string of the molecule is COc1cc(N2CCN(C(=O)c3cc(Br)cs3)CC2)nc(C)n1. The van der Waals surface area contributed by atoms with Crippen LogP contribution in [-0.2, 0) is 0 Å². The molecule has 0 N–H and O–H groups in total. The van der Waals surface area contributed by atoms with Gasteiger partial charge in [0, 0.05) is 42.1 Å². The molecular weight excluding hydrogens is 380 g/mol. The molecule has 2 aromatic heterocycles. The second-order valence-electron chi connectivity index (χ2n) is 5.22. The van der Waals surface area contributed by atoms with Gasteiger partial charge in [0.15, 0.2) is 0 Å². The zero-order chi connectivity index (χ0) is 16.4. The Hall–Kier alpha value is -1.67. The van der Waals surface area contributed by atoms with E-state index < -0.39 is 0 Å². The van der Waals surface area contributed by atoms with Gasteiger partial charge < -0.3 is 14.5 Å². The van der Waals surface area contributed by atoms with Crippen LogP contribution in [0.2, 0.25) is 0 Å². The van der Waals surface area contributed by atoms with Crippen LogP contribution >= 0.6 is 27.3 Å². The van der Waals surface area contributed by atoms with Gasteiger partial charge in [-0.2, -0.15) is 4.98 Å². The molecule has 3 heterocycles. The van der Waals surface area contributed by atoms with Crippen molar-refractivity contribution in [1.82, 2.24) is 14.9 Å². The minimum absolute atomic E-state index is 0.0943. The summed E-state index contributed by atoms with van der Waals surface area (Å²) in [4.78, 5) is 25.9. The fourth-order valence-electron chi connectivity index (χ4n) is 2.51. The molecule has 1 aliphatic rings. The number of nitrogens with zero attached hydrogens (tertiary/aromatic N) is 4. The average Bonchev–Trinajstić information content (AvgIpc) is 3.00. The molecule has 8 heteroatoms. The molecule has 122 valence electrons. The molecule has 6 nitrogen and oxygen atoms in total. The number of ether oxygens (including phenoxy) is 1. The lowest BCUT2D eigenvalue weighted by Gasteiger charge is -2.35. The molecule has 23 heavy (non-hydrogen) atoms. The van der Waals surface area contributed by atoms with E-state index in [1.54, 1.807) is 7.11 Å². The molecule has 1 amide bonds. The number of amides is 1. The van der Waals surface area contributed by atoms with E-state index in [1.165, 1.54) is 11.3 Å². The second-order valence-corrected chi connectivity index (χ2v) is 7.05. The lowest BCUT2D eigenvalue weighted by atomic mass is 10.3. The van der Waals surface area contributed by atoms with Gasteiger partial charge in [-0.25, -0.2) is 4.98 Å². The average molecular weight is 397 g/mol. The maximum atomic E-state index is 12.5. The maximum Gasteiger partial charge on any atom is 0.264 e. The fourth-order valence-corrected chi connectivity index (χ4v) is 3.90. The Morgan fingerprint density at radius 2 is 2.00 bits per heavy atom. The molecular formula is C15H17BrN4O2S. The molecule has 0 atom stereocenters. The van der Waals surface area contributed by atoms with Gasteiger partial charge in [-0.1, -0.05) is 0 Å². The molecule has 3 rings (SSSR count). The van der Waals surface area contributed by atoms with Gasteiger partial charge in [0.25, 0.3) is 5.91 Å². The van der Waals surface area contributed by atoms with Crippen molar-refractivity contribution in [1.29, 1.82) is 0 Å². The van der Waals surface area contributed by atoms with E-state index in [-0.39, 0.29) is 5.91 Å². The van der Waals surface area contributed by atoms with Crippen LogP contribution in [0.1, 0.15) is 15.5 Å². The number of anilines is 1. The molecule has 0 aliphatic carbocycles. The summed E-state index contributed by atoms with van der Waals surface area (Å²) in [6.45, 7) is 4.70. The predicted octanol–water partition coefficient (Wildman–Crippen LogP) is 2.58. The predicted molar refractivity (Wildman–Crippen MR) is 93.5 cm³/mol. The summed E-state index contributed by atoms with van der Waals surface area (Å²) in [7, 11) is 1.60. The quantitative estimate of drug-likeness (QED) is 0.797. The van der Waals surface area contributed by atoms with Crippen LogP contribution in [0, 0.1) is 6.92 Å². The van der Waals surface area contributed by atoms with Crippen LogP contribution in [-0.4, -0.2) is 54.1 Å². The molecule has 1 saturated heterocycles.